The van der Waals surface area contributed by atoms with Crippen LogP contribution in [0, 0.1) is 17.3 Å². The van der Waals surface area contributed by atoms with Gasteiger partial charge in [-0.3, -0.25) is 19.1 Å². The molecule has 0 spiro atoms. The van der Waals surface area contributed by atoms with Gasteiger partial charge in [-0.25, -0.2) is 0 Å². The molecule has 0 aliphatic rings. The molecule has 11 nitrogen and oxygen atoms in total. The van der Waals surface area contributed by atoms with Gasteiger partial charge in [-0.05, 0) is 64.7 Å². The third kappa shape index (κ3) is 23.6. The quantitative estimate of drug-likeness (QED) is 0.116. The summed E-state index contributed by atoms with van der Waals surface area (Å²) in [6.07, 6.45) is 7.48. The van der Waals surface area contributed by atoms with Crippen LogP contribution >= 0.6 is 0 Å². The molecular formula is C36H69N5O6. The number of amides is 2. The smallest absolute Gasteiger partial charge is 0.220 e. The van der Waals surface area contributed by atoms with Crippen LogP contribution in [0.25, 0.3) is 0 Å². The van der Waals surface area contributed by atoms with E-state index in [1.165, 1.54) is 0 Å². The number of hydrogen-bond donors (Lipinski definition) is 2. The molecule has 0 saturated heterocycles. The van der Waals surface area contributed by atoms with Crippen molar-refractivity contribution in [2.45, 2.75) is 146 Å². The highest BCUT2D eigenvalue weighted by atomic mass is 16.5. The summed E-state index contributed by atoms with van der Waals surface area (Å²) >= 11 is 0. The number of carbonyl (C=O) groups excluding carboxylic acids is 3. The van der Waals surface area contributed by atoms with Gasteiger partial charge in [-0.1, -0.05) is 67.0 Å². The Bertz CT molecular complexity index is 978. The highest BCUT2D eigenvalue weighted by molar-refractivity contribution is 5.81. The minimum atomic E-state index is -0.517. The van der Waals surface area contributed by atoms with Gasteiger partial charge in [0.25, 0.3) is 0 Å². The number of Topliss-reactive ketones (excluding diaryl/α,β-unsaturated/α-hetero) is 1. The second-order valence-corrected chi connectivity index (χ2v) is 14.4. The van der Waals surface area contributed by atoms with Gasteiger partial charge in [0.05, 0.1) is 37.2 Å². The van der Waals surface area contributed by atoms with Crippen LogP contribution in [0.15, 0.2) is 6.20 Å². The van der Waals surface area contributed by atoms with Gasteiger partial charge in [0, 0.05) is 50.8 Å². The molecule has 0 fully saturated rings. The Kier molecular flexibility index (Phi) is 23.5. The second-order valence-electron chi connectivity index (χ2n) is 14.4. The van der Waals surface area contributed by atoms with Crippen molar-refractivity contribution in [2.24, 2.45) is 17.3 Å². The molecule has 1 rings (SSSR count). The Morgan fingerprint density at radius 2 is 1.45 bits per heavy atom. The van der Waals surface area contributed by atoms with E-state index in [-0.39, 0.29) is 23.6 Å². The molecule has 0 aliphatic heterocycles. The topological polar surface area (TPSA) is 134 Å². The first-order valence-electron chi connectivity index (χ1n) is 17.8. The molecule has 0 aliphatic carbocycles. The molecule has 274 valence electrons. The number of nitrogens with zero attached hydrogens (tertiary/aromatic N) is 3. The number of ether oxygens (including phenoxy) is 3. The van der Waals surface area contributed by atoms with Crippen LogP contribution < -0.4 is 10.6 Å². The zero-order chi connectivity index (χ0) is 35.9. The van der Waals surface area contributed by atoms with E-state index in [1.54, 1.807) is 6.92 Å². The summed E-state index contributed by atoms with van der Waals surface area (Å²) in [4.78, 5) is 36.5. The molecule has 0 saturated carbocycles. The van der Waals surface area contributed by atoms with Crippen LogP contribution in [-0.2, 0) is 41.6 Å². The summed E-state index contributed by atoms with van der Waals surface area (Å²) in [5, 5.41) is 14.5. The molecule has 0 aromatic carbocycles. The number of aromatic nitrogens is 3. The maximum atomic E-state index is 12.5. The first kappa shape index (κ1) is 44.6. The molecule has 1 heterocycles. The van der Waals surface area contributed by atoms with E-state index in [1.807, 2.05) is 52.4 Å². The van der Waals surface area contributed by atoms with E-state index in [4.69, 9.17) is 14.2 Å². The molecule has 11 heteroatoms. The van der Waals surface area contributed by atoms with Gasteiger partial charge in [0.15, 0.2) is 0 Å². The number of aryl methyl sites for hydroxylation is 2. The predicted molar refractivity (Wildman–Crippen MR) is 188 cm³/mol. The third-order valence-electron chi connectivity index (χ3n) is 7.45. The van der Waals surface area contributed by atoms with Crippen molar-refractivity contribution in [3.05, 3.63) is 11.9 Å². The lowest BCUT2D eigenvalue weighted by atomic mass is 9.90. The van der Waals surface area contributed by atoms with Crippen molar-refractivity contribution in [3.8, 4) is 0 Å². The second kappa shape index (κ2) is 24.7. The zero-order valence-corrected chi connectivity index (χ0v) is 31.7. The fourth-order valence-corrected chi connectivity index (χ4v) is 4.19. The molecular weight excluding hydrogens is 598 g/mol. The lowest BCUT2D eigenvalue weighted by Crippen LogP contribution is -2.42. The molecule has 47 heavy (non-hydrogen) atoms. The van der Waals surface area contributed by atoms with Crippen molar-refractivity contribution in [1.29, 1.82) is 0 Å². The van der Waals surface area contributed by atoms with Crippen molar-refractivity contribution in [3.63, 3.8) is 0 Å². The van der Waals surface area contributed by atoms with Gasteiger partial charge in [-0.2, -0.15) is 0 Å². The largest absolute Gasteiger partial charge is 0.379 e. The first-order valence-corrected chi connectivity index (χ1v) is 17.8. The zero-order valence-electron chi connectivity index (χ0n) is 31.7. The molecule has 1 aromatic rings. The molecule has 1 aromatic heterocycles. The normalized spacial score (nSPS) is 12.0. The van der Waals surface area contributed by atoms with Gasteiger partial charge >= 0.3 is 0 Å². The summed E-state index contributed by atoms with van der Waals surface area (Å²) in [6.45, 7) is 25.6. The maximum Gasteiger partial charge on any atom is 0.220 e. The first-order chi connectivity index (χ1) is 22.1. The van der Waals surface area contributed by atoms with E-state index in [0.717, 1.165) is 31.5 Å². The number of rotatable bonds is 26. The summed E-state index contributed by atoms with van der Waals surface area (Å²) in [7, 11) is 0. The number of carbonyl (C=O) groups is 3. The predicted octanol–water partition coefficient (Wildman–Crippen LogP) is 5.93. The van der Waals surface area contributed by atoms with E-state index in [0.29, 0.717) is 83.5 Å². The van der Waals surface area contributed by atoms with Gasteiger partial charge in [-0.15, -0.1) is 5.10 Å². The fourth-order valence-electron chi connectivity index (χ4n) is 4.19. The average molecular weight is 668 g/mol. The van der Waals surface area contributed by atoms with Crippen molar-refractivity contribution in [2.75, 3.05) is 39.6 Å². The number of ketones is 1. The van der Waals surface area contributed by atoms with Crippen molar-refractivity contribution >= 4 is 17.6 Å². The molecule has 0 radical (unpaired) electrons. The van der Waals surface area contributed by atoms with Crippen LogP contribution in [0.1, 0.15) is 127 Å². The van der Waals surface area contributed by atoms with Crippen molar-refractivity contribution < 1.29 is 28.6 Å². The Morgan fingerprint density at radius 1 is 0.851 bits per heavy atom. The number of hydrogen-bond acceptors (Lipinski definition) is 8. The van der Waals surface area contributed by atoms with E-state index >= 15 is 0 Å². The molecule has 0 unspecified atom stereocenters. The Labute approximate surface area is 286 Å². The van der Waals surface area contributed by atoms with E-state index in [9.17, 15) is 14.4 Å². The summed E-state index contributed by atoms with van der Waals surface area (Å²) in [5.74, 6) is 1.02. The fraction of sp³-hybridized carbons (Fsp3) is 0.861. The summed E-state index contributed by atoms with van der Waals surface area (Å²) in [5.41, 5.74) is -0.0787. The summed E-state index contributed by atoms with van der Waals surface area (Å²) in [6, 6.07) is -0.140. The molecule has 0 bridgehead atoms. The lowest BCUT2D eigenvalue weighted by molar-refractivity contribution is -0.132. The monoisotopic (exact) mass is 668 g/mol. The van der Waals surface area contributed by atoms with Crippen LogP contribution in [0.5, 0.6) is 0 Å². The molecule has 2 amide bonds. The van der Waals surface area contributed by atoms with E-state index in [2.05, 4.69) is 48.6 Å². The van der Waals surface area contributed by atoms with Gasteiger partial charge < -0.3 is 24.8 Å². The van der Waals surface area contributed by atoms with Crippen molar-refractivity contribution in [1.82, 2.24) is 25.6 Å². The van der Waals surface area contributed by atoms with Gasteiger partial charge in [0.2, 0.25) is 11.8 Å². The van der Waals surface area contributed by atoms with Crippen LogP contribution in [0.3, 0.4) is 0 Å². The Hall–Kier alpha value is -2.37. The average Bonchev–Trinajstić information content (AvgIpc) is 3.44. The minimum absolute atomic E-state index is 0.00350. The standard InChI is InChI=1S/C34H63N5O6.C2H6/c1-26(2)21-43-23-30(24-44-22-27(3)4)36-32(42)15-11-10-12-19-39-20-29(37-38-39)14-13-16-31(41)35-18-17-34(8,9)45-25-33(6,7)28(5)40;1-2/h20,26-27,30H,10-19,21-25H2,1-9H3,(H,35,41)(H,36,42);1-2H3. The highest BCUT2D eigenvalue weighted by Crippen LogP contribution is 2.22. The third-order valence-corrected chi connectivity index (χ3v) is 7.45. The SMILES string of the molecule is CC.CC(=O)C(C)(C)COC(C)(C)CCNC(=O)CCCc1cn(CCCCCC(=O)NC(COCC(C)C)COCC(C)C)nn1. The Balaban J connectivity index is 0.0000104. The number of nitrogens with one attached hydrogen (secondary N) is 2. The minimum Gasteiger partial charge on any atom is -0.379 e. The lowest BCUT2D eigenvalue weighted by Gasteiger charge is -2.30. The maximum absolute atomic E-state index is 12.5. The van der Waals surface area contributed by atoms with Gasteiger partial charge in [0.1, 0.15) is 5.78 Å². The van der Waals surface area contributed by atoms with Crippen LogP contribution in [0.2, 0.25) is 0 Å². The Morgan fingerprint density at radius 3 is 2.02 bits per heavy atom. The number of unbranched alkanes of at least 4 members (excludes halogenated alkanes) is 2. The van der Waals surface area contributed by atoms with Crippen LogP contribution in [-0.4, -0.2) is 83.8 Å². The summed E-state index contributed by atoms with van der Waals surface area (Å²) < 4.78 is 19.3. The van der Waals surface area contributed by atoms with E-state index < -0.39 is 11.0 Å². The molecule has 2 N–H and O–H groups in total. The molecule has 0 atom stereocenters. The highest BCUT2D eigenvalue weighted by Gasteiger charge is 2.28. The van der Waals surface area contributed by atoms with Crippen LogP contribution in [0.4, 0.5) is 0 Å².